The Hall–Kier alpha value is 0.574. The highest BCUT2D eigenvalue weighted by molar-refractivity contribution is 7.86. The van der Waals surface area contributed by atoms with Crippen molar-refractivity contribution in [2.45, 2.75) is 149 Å². The first kappa shape index (κ1) is 40.7. The van der Waals surface area contributed by atoms with Gasteiger partial charge in [0.05, 0.1) is 18.5 Å². The third kappa shape index (κ3) is 15.0. The summed E-state index contributed by atoms with van der Waals surface area (Å²) < 4.78 is 39.6. The number of aliphatic hydroxyl groups is 1. The minimum atomic E-state index is -3.32. The van der Waals surface area contributed by atoms with Crippen LogP contribution in [0.1, 0.15) is 100 Å². The topological polar surface area (TPSA) is 82.1 Å². The highest BCUT2D eigenvalue weighted by Crippen LogP contribution is 2.38. The van der Waals surface area contributed by atoms with Gasteiger partial charge < -0.3 is 14.0 Å². The molecule has 2 rings (SSSR count). The molecule has 0 spiro atoms. The molecule has 10 heteroatoms. The van der Waals surface area contributed by atoms with Crippen LogP contribution in [0.25, 0.3) is 0 Å². The van der Waals surface area contributed by atoms with Crippen molar-refractivity contribution in [3.63, 3.8) is 0 Å². The minimum absolute atomic E-state index is 0. The molecule has 0 radical (unpaired) electrons. The number of hydrogen-bond acceptors (Lipinski definition) is 6. The summed E-state index contributed by atoms with van der Waals surface area (Å²) >= 11 is 0. The standard InChI is InChI=1S/C14H30O4SSi.C13H28O2Si.CH4.H2S/c1-14(2,3)20(5,6)17-10-9-12-7-8-13(11-12)18-19(4,15)16;1-13(2,3)16(4,5)15-9-8-11-6-7-12(14)10-11;;/h12-13H,7-11H2,1-6H3;11-12,14H,6-10H2,1-5H3;1H4;1H2/t12-,13+;11-,12-;;/m11../s1. The van der Waals surface area contributed by atoms with Gasteiger partial charge in [-0.05, 0) is 99.5 Å². The van der Waals surface area contributed by atoms with E-state index in [-0.39, 0.29) is 38.2 Å². The van der Waals surface area contributed by atoms with Crippen molar-refractivity contribution in [2.24, 2.45) is 11.8 Å². The fourth-order valence-electron chi connectivity index (χ4n) is 4.33. The van der Waals surface area contributed by atoms with E-state index in [0.717, 1.165) is 64.4 Å². The molecular formula is C28H64O6S2Si2. The first-order valence-corrected chi connectivity index (χ1v) is 21.6. The van der Waals surface area contributed by atoms with Gasteiger partial charge in [-0.25, -0.2) is 0 Å². The van der Waals surface area contributed by atoms with E-state index in [1.54, 1.807) is 0 Å². The fraction of sp³-hybridized carbons (Fsp3) is 1.00. The summed E-state index contributed by atoms with van der Waals surface area (Å²) in [5.74, 6) is 1.23. The van der Waals surface area contributed by atoms with Crippen LogP contribution < -0.4 is 0 Å². The Morgan fingerprint density at radius 2 is 1.16 bits per heavy atom. The van der Waals surface area contributed by atoms with Crippen LogP contribution in [0.4, 0.5) is 0 Å². The molecule has 2 fully saturated rings. The van der Waals surface area contributed by atoms with Crippen LogP contribution in [-0.4, -0.2) is 61.8 Å². The molecular weight excluding hydrogens is 553 g/mol. The molecule has 2 saturated carbocycles. The molecule has 6 nitrogen and oxygen atoms in total. The maximum atomic E-state index is 11.1. The molecule has 1 N–H and O–H groups in total. The van der Waals surface area contributed by atoms with E-state index in [2.05, 4.69) is 67.7 Å². The van der Waals surface area contributed by atoms with Gasteiger partial charge in [-0.1, -0.05) is 49.0 Å². The van der Waals surface area contributed by atoms with Crippen molar-refractivity contribution >= 4 is 40.2 Å². The number of aliphatic hydroxyl groups excluding tert-OH is 1. The van der Waals surface area contributed by atoms with Crippen LogP contribution in [0.15, 0.2) is 0 Å². The van der Waals surface area contributed by atoms with E-state index in [9.17, 15) is 13.5 Å². The monoisotopic (exact) mass is 616 g/mol. The molecule has 0 saturated heterocycles. The molecule has 0 bridgehead atoms. The Morgan fingerprint density at radius 1 is 0.763 bits per heavy atom. The van der Waals surface area contributed by atoms with E-state index >= 15 is 0 Å². The van der Waals surface area contributed by atoms with Gasteiger partial charge in [0.25, 0.3) is 10.1 Å². The van der Waals surface area contributed by atoms with Gasteiger partial charge in [0.15, 0.2) is 16.6 Å². The maximum absolute atomic E-state index is 11.1. The van der Waals surface area contributed by atoms with Crippen molar-refractivity contribution in [3.05, 3.63) is 0 Å². The van der Waals surface area contributed by atoms with Gasteiger partial charge in [-0.2, -0.15) is 21.9 Å². The zero-order chi connectivity index (χ0) is 28.0. The van der Waals surface area contributed by atoms with Crippen LogP contribution in [-0.2, 0) is 23.2 Å². The lowest BCUT2D eigenvalue weighted by atomic mass is 10.1. The molecule has 232 valence electrons. The fourth-order valence-corrected chi connectivity index (χ4v) is 7.12. The van der Waals surface area contributed by atoms with Gasteiger partial charge in [0, 0.05) is 13.2 Å². The van der Waals surface area contributed by atoms with Crippen LogP contribution in [0, 0.1) is 11.8 Å². The summed E-state index contributed by atoms with van der Waals surface area (Å²) in [6, 6.07) is 0. The van der Waals surface area contributed by atoms with Crippen molar-refractivity contribution in [1.29, 1.82) is 0 Å². The van der Waals surface area contributed by atoms with Crippen LogP contribution in [0.5, 0.6) is 0 Å². The summed E-state index contributed by atoms with van der Waals surface area (Å²) in [6.45, 7) is 24.3. The third-order valence-electron chi connectivity index (χ3n) is 8.91. The van der Waals surface area contributed by atoms with Gasteiger partial charge in [0.1, 0.15) is 0 Å². The summed E-state index contributed by atoms with van der Waals surface area (Å²) in [6.07, 6.45) is 8.99. The van der Waals surface area contributed by atoms with Crippen LogP contribution in [0.3, 0.4) is 0 Å². The highest BCUT2D eigenvalue weighted by Gasteiger charge is 2.38. The van der Waals surface area contributed by atoms with E-state index < -0.39 is 26.8 Å². The van der Waals surface area contributed by atoms with Gasteiger partial charge in [-0.3, -0.25) is 4.18 Å². The molecule has 0 aromatic rings. The van der Waals surface area contributed by atoms with E-state index in [0.29, 0.717) is 16.9 Å². The van der Waals surface area contributed by atoms with Gasteiger partial charge >= 0.3 is 0 Å². The Kier molecular flexibility index (Phi) is 17.4. The average molecular weight is 617 g/mol. The molecule has 0 unspecified atom stereocenters. The van der Waals surface area contributed by atoms with Crippen molar-refractivity contribution in [1.82, 2.24) is 0 Å². The maximum Gasteiger partial charge on any atom is 0.264 e. The first-order chi connectivity index (χ1) is 16.1. The lowest BCUT2D eigenvalue weighted by molar-refractivity contribution is 0.173. The summed E-state index contributed by atoms with van der Waals surface area (Å²) in [7, 11) is -6.53. The third-order valence-corrected chi connectivity index (χ3v) is 18.6. The van der Waals surface area contributed by atoms with E-state index in [1.165, 1.54) is 6.42 Å². The lowest BCUT2D eigenvalue weighted by Gasteiger charge is -2.36. The van der Waals surface area contributed by atoms with Crippen molar-refractivity contribution < 1.29 is 26.6 Å². The Bertz CT molecular complexity index is 760. The summed E-state index contributed by atoms with van der Waals surface area (Å²) in [5, 5.41) is 10.0. The number of hydrogen-bond donors (Lipinski definition) is 1. The summed E-state index contributed by atoms with van der Waals surface area (Å²) in [4.78, 5) is 0. The molecule has 0 aromatic carbocycles. The normalized spacial score (nSPS) is 24.7. The van der Waals surface area contributed by atoms with Gasteiger partial charge in [0.2, 0.25) is 0 Å². The second-order valence-electron chi connectivity index (χ2n) is 14.2. The van der Waals surface area contributed by atoms with Gasteiger partial charge in [-0.15, -0.1) is 0 Å². The van der Waals surface area contributed by atoms with E-state index in [1.807, 2.05) is 0 Å². The largest absolute Gasteiger partial charge is 0.417 e. The highest BCUT2D eigenvalue weighted by atomic mass is 32.2. The zero-order valence-electron chi connectivity index (χ0n) is 25.8. The Labute approximate surface area is 246 Å². The zero-order valence-corrected chi connectivity index (χ0v) is 29.6. The Balaban J connectivity index is 0. The average Bonchev–Trinajstić information content (AvgIpc) is 3.27. The van der Waals surface area contributed by atoms with Crippen LogP contribution >= 0.6 is 13.5 Å². The lowest BCUT2D eigenvalue weighted by Crippen LogP contribution is -2.41. The second-order valence-corrected chi connectivity index (χ2v) is 25.4. The van der Waals surface area contributed by atoms with Crippen molar-refractivity contribution in [2.75, 3.05) is 19.5 Å². The smallest absolute Gasteiger partial charge is 0.264 e. The predicted octanol–water partition coefficient (Wildman–Crippen LogP) is 7.85. The van der Waals surface area contributed by atoms with Crippen LogP contribution in [0.2, 0.25) is 36.3 Å². The molecule has 2 aliphatic carbocycles. The Morgan fingerprint density at radius 3 is 1.50 bits per heavy atom. The molecule has 0 aromatic heterocycles. The molecule has 0 amide bonds. The molecule has 38 heavy (non-hydrogen) atoms. The van der Waals surface area contributed by atoms with E-state index in [4.69, 9.17) is 13.0 Å². The molecule has 0 heterocycles. The molecule has 2 aliphatic rings. The number of rotatable bonds is 10. The molecule has 4 atom stereocenters. The van der Waals surface area contributed by atoms with Crippen molar-refractivity contribution in [3.8, 4) is 0 Å². The first-order valence-electron chi connectivity index (χ1n) is 14.0. The minimum Gasteiger partial charge on any atom is -0.417 e. The summed E-state index contributed by atoms with van der Waals surface area (Å²) in [5.41, 5.74) is 0. The quantitative estimate of drug-likeness (QED) is 0.199. The molecule has 0 aliphatic heterocycles. The second kappa shape index (κ2) is 16.3. The SMILES string of the molecule is C.CC(C)(C)[Si](C)(C)OCC[C@H]1CC[C@@H](O)C1.CC(C)(C)[Si](C)(C)OCC[C@H]1CC[C@H](OS(C)(=O)=O)C1.S. The predicted molar refractivity (Wildman–Crippen MR) is 173 cm³/mol.